The molecule has 1 nitrogen and oxygen atoms in total. The topological polar surface area (TPSA) is 12.9 Å². The summed E-state index contributed by atoms with van der Waals surface area (Å²) in [5.74, 6) is 0. The fraction of sp³-hybridized carbons (Fsp3) is 0.286. The van der Waals surface area contributed by atoms with Crippen LogP contribution in [-0.4, -0.2) is 21.8 Å². The zero-order chi connectivity index (χ0) is 6.69. The monoisotopic (exact) mass is 181 g/mol. The van der Waals surface area contributed by atoms with Crippen LogP contribution in [0, 0.1) is 0 Å². The Morgan fingerprint density at radius 2 is 2.33 bits per heavy atom. The predicted octanol–water partition coefficient (Wildman–Crippen LogP) is 1.31. The summed E-state index contributed by atoms with van der Waals surface area (Å²) in [7, 11) is 0. The van der Waals surface area contributed by atoms with Crippen molar-refractivity contribution in [2.45, 2.75) is 11.6 Å². The third-order valence-electron chi connectivity index (χ3n) is 1.12. The van der Waals surface area contributed by atoms with Crippen molar-refractivity contribution in [1.82, 2.24) is 4.98 Å². The van der Waals surface area contributed by atoms with Crippen molar-refractivity contribution >= 4 is 16.9 Å². The van der Waals surface area contributed by atoms with Gasteiger partial charge in [-0.25, -0.2) is 0 Å². The van der Waals surface area contributed by atoms with E-state index in [1.54, 1.807) is 0 Å². The second kappa shape index (κ2) is 3.03. The van der Waals surface area contributed by atoms with Crippen LogP contribution in [0.1, 0.15) is 17.3 Å². The van der Waals surface area contributed by atoms with E-state index in [-0.39, 0.29) is 0 Å². The van der Waals surface area contributed by atoms with E-state index in [1.807, 2.05) is 24.4 Å². The second-order valence-corrected chi connectivity index (χ2v) is 3.56. The molecule has 1 atom stereocenters. The number of nitrogens with zero attached hydrogens (tertiary/aromatic N) is 1. The average Bonchev–Trinajstić information content (AvgIpc) is 1.90. The molecule has 1 unspecified atom stereocenters. The Kier molecular flexibility index (Phi) is 2.29. The third kappa shape index (κ3) is 1.83. The first-order valence-electron chi connectivity index (χ1n) is 2.89. The van der Waals surface area contributed by atoms with Gasteiger partial charge in [-0.1, -0.05) is 0 Å². The molecule has 2 radical (unpaired) electrons. The van der Waals surface area contributed by atoms with E-state index >= 15 is 0 Å². The molecule has 0 aliphatic rings. The van der Waals surface area contributed by atoms with Crippen molar-refractivity contribution in [3.63, 3.8) is 0 Å². The van der Waals surface area contributed by atoms with Gasteiger partial charge in [0.25, 0.3) is 0 Å². The van der Waals surface area contributed by atoms with Crippen LogP contribution >= 0.6 is 0 Å². The Morgan fingerprint density at radius 3 is 2.67 bits per heavy atom. The minimum atomic E-state index is 0.485. The Balaban J connectivity index is 2.85. The summed E-state index contributed by atoms with van der Waals surface area (Å²) in [6.07, 6.45) is 1.82. The molecule has 0 bridgehead atoms. The summed E-state index contributed by atoms with van der Waals surface area (Å²) >= 11 is 2.57. The maximum atomic E-state index is 4.16. The summed E-state index contributed by atoms with van der Waals surface area (Å²) in [6, 6.07) is 5.97. The van der Waals surface area contributed by atoms with E-state index in [2.05, 4.69) is 28.8 Å². The van der Waals surface area contributed by atoms with E-state index in [0.29, 0.717) is 4.71 Å². The van der Waals surface area contributed by atoms with Gasteiger partial charge >= 0.3 is 63.6 Å². The van der Waals surface area contributed by atoms with Gasteiger partial charge < -0.3 is 0 Å². The molecule has 0 N–H and O–H groups in total. The predicted molar refractivity (Wildman–Crippen MR) is 38.4 cm³/mol. The molecule has 0 saturated heterocycles. The van der Waals surface area contributed by atoms with E-state index < -0.39 is 0 Å². The van der Waals surface area contributed by atoms with Gasteiger partial charge in [0.1, 0.15) is 0 Å². The van der Waals surface area contributed by atoms with Crippen molar-refractivity contribution in [3.8, 4) is 0 Å². The van der Waals surface area contributed by atoms with E-state index in [1.165, 1.54) is 0 Å². The first-order valence-corrected chi connectivity index (χ1v) is 3.98. The molecule has 1 rings (SSSR count). The van der Waals surface area contributed by atoms with Crippen molar-refractivity contribution in [2.75, 3.05) is 0 Å². The van der Waals surface area contributed by atoms with Crippen LogP contribution in [0.4, 0.5) is 0 Å². The number of rotatable bonds is 1. The SMILES string of the molecule is CC([As])c1ccccn1. The molecule has 0 spiro atoms. The Morgan fingerprint density at radius 1 is 1.56 bits per heavy atom. The van der Waals surface area contributed by atoms with Gasteiger partial charge in [-0.05, 0) is 0 Å². The van der Waals surface area contributed by atoms with Gasteiger partial charge in [0.2, 0.25) is 0 Å². The van der Waals surface area contributed by atoms with Gasteiger partial charge in [-0.2, -0.15) is 0 Å². The van der Waals surface area contributed by atoms with Gasteiger partial charge in [-0.3, -0.25) is 0 Å². The zero-order valence-corrected chi connectivity index (χ0v) is 7.16. The summed E-state index contributed by atoms with van der Waals surface area (Å²) in [5.41, 5.74) is 1.14. The number of aromatic nitrogens is 1. The summed E-state index contributed by atoms with van der Waals surface area (Å²) in [5, 5.41) is 0. The molecule has 1 heterocycles. The van der Waals surface area contributed by atoms with Crippen LogP contribution < -0.4 is 0 Å². The van der Waals surface area contributed by atoms with Gasteiger partial charge in [0, 0.05) is 0 Å². The molecule has 0 aliphatic heterocycles. The van der Waals surface area contributed by atoms with Gasteiger partial charge in [0.05, 0.1) is 0 Å². The molecule has 9 heavy (non-hydrogen) atoms. The minimum absolute atomic E-state index is 0.485. The Labute approximate surface area is 64.0 Å². The first kappa shape index (κ1) is 6.82. The van der Waals surface area contributed by atoms with Crippen molar-refractivity contribution in [1.29, 1.82) is 0 Å². The van der Waals surface area contributed by atoms with Crippen LogP contribution in [0.3, 0.4) is 0 Å². The molecule has 0 aromatic carbocycles. The van der Waals surface area contributed by atoms with Crippen LogP contribution in [-0.2, 0) is 0 Å². The fourth-order valence-corrected chi connectivity index (χ4v) is 0.944. The third-order valence-corrected chi connectivity index (χ3v) is 1.67. The molecule has 1 aromatic rings. The number of hydrogen-bond acceptors (Lipinski definition) is 1. The van der Waals surface area contributed by atoms with Crippen LogP contribution in [0.15, 0.2) is 24.4 Å². The molecule has 1 aromatic heterocycles. The number of hydrogen-bond donors (Lipinski definition) is 0. The van der Waals surface area contributed by atoms with E-state index in [9.17, 15) is 0 Å². The van der Waals surface area contributed by atoms with Crippen LogP contribution in [0.2, 0.25) is 0 Å². The van der Waals surface area contributed by atoms with Crippen molar-refractivity contribution in [3.05, 3.63) is 30.1 Å². The van der Waals surface area contributed by atoms with Crippen molar-refractivity contribution in [2.24, 2.45) is 0 Å². The quantitative estimate of drug-likeness (QED) is 0.595. The molecule has 2 heteroatoms. The molecule has 0 amide bonds. The average molecular weight is 181 g/mol. The van der Waals surface area contributed by atoms with Gasteiger partial charge in [-0.15, -0.1) is 0 Å². The molecule has 0 saturated carbocycles. The van der Waals surface area contributed by atoms with Crippen LogP contribution in [0.5, 0.6) is 0 Å². The number of pyridine rings is 1. The van der Waals surface area contributed by atoms with E-state index in [4.69, 9.17) is 0 Å². The zero-order valence-electron chi connectivity index (χ0n) is 5.28. The van der Waals surface area contributed by atoms with E-state index in [0.717, 1.165) is 5.69 Å². The molecular formula is C7H8AsN. The maximum absolute atomic E-state index is 4.16. The van der Waals surface area contributed by atoms with Gasteiger partial charge in [0.15, 0.2) is 0 Å². The normalized spacial score (nSPS) is 13.1. The Hall–Kier alpha value is -0.292. The summed E-state index contributed by atoms with van der Waals surface area (Å²) in [4.78, 5) is 4.16. The Bertz CT molecular complexity index is 172. The molecule has 46 valence electrons. The second-order valence-electron chi connectivity index (χ2n) is 1.93. The van der Waals surface area contributed by atoms with Crippen LogP contribution in [0.25, 0.3) is 0 Å². The summed E-state index contributed by atoms with van der Waals surface area (Å²) in [6.45, 7) is 2.11. The summed E-state index contributed by atoms with van der Waals surface area (Å²) < 4.78 is 0.485. The molecular weight excluding hydrogens is 173 g/mol. The first-order chi connectivity index (χ1) is 4.30. The standard InChI is InChI=1S/C7H8AsN/c1-6(8)7-4-2-3-5-9-7/h2-6H,1H3. The van der Waals surface area contributed by atoms with Crippen molar-refractivity contribution < 1.29 is 0 Å². The molecule has 0 aliphatic carbocycles. The molecule has 0 fully saturated rings. The fourth-order valence-electron chi connectivity index (χ4n) is 0.623.